The second kappa shape index (κ2) is 4.80. The van der Waals surface area contributed by atoms with Gasteiger partial charge in [-0.05, 0) is 35.8 Å². The van der Waals surface area contributed by atoms with Gasteiger partial charge in [0.1, 0.15) is 5.75 Å². The summed E-state index contributed by atoms with van der Waals surface area (Å²) < 4.78 is 6.19. The summed E-state index contributed by atoms with van der Waals surface area (Å²) in [6, 6.07) is 8.07. The van der Waals surface area contributed by atoms with Crippen LogP contribution in [-0.4, -0.2) is 8.32 Å². The molecule has 0 aromatic heterocycles. The minimum absolute atomic E-state index is 0.226. The third-order valence-corrected chi connectivity index (χ3v) is 7.90. The molecule has 0 radical (unpaired) electrons. The summed E-state index contributed by atoms with van der Waals surface area (Å²) in [5.41, 5.74) is 1.11. The van der Waals surface area contributed by atoms with Crippen molar-refractivity contribution in [3.63, 3.8) is 0 Å². The van der Waals surface area contributed by atoms with Crippen LogP contribution >= 0.6 is 11.6 Å². The molecule has 1 aromatic carbocycles. The zero-order valence-electron chi connectivity index (χ0n) is 10.8. The fourth-order valence-corrected chi connectivity index (χ4v) is 2.33. The predicted octanol–water partition coefficient (Wildman–Crippen LogP) is 4.81. The largest absolute Gasteiger partial charge is 0.543 e. The van der Waals surface area contributed by atoms with E-state index in [2.05, 4.69) is 33.9 Å². The van der Waals surface area contributed by atoms with Crippen LogP contribution in [0.3, 0.4) is 0 Å². The van der Waals surface area contributed by atoms with E-state index in [1.54, 1.807) is 0 Å². The Morgan fingerprint density at radius 3 is 2.38 bits per heavy atom. The summed E-state index contributed by atoms with van der Waals surface area (Å²) in [6.07, 6.45) is 0. The minimum Gasteiger partial charge on any atom is -0.543 e. The van der Waals surface area contributed by atoms with E-state index in [0.717, 1.165) is 11.3 Å². The molecule has 90 valence electrons. The maximum atomic E-state index is 6.19. The van der Waals surface area contributed by atoms with Crippen LogP contribution in [0.25, 0.3) is 0 Å². The van der Waals surface area contributed by atoms with E-state index in [4.69, 9.17) is 16.0 Å². The average molecular weight is 257 g/mol. The molecule has 0 atom stereocenters. The average Bonchev–Trinajstić information content (AvgIpc) is 2.15. The Morgan fingerprint density at radius 2 is 1.88 bits per heavy atom. The standard InChI is InChI=1S/C13H21ClOSi/c1-13(2,3)16(4,5)15-12-8-6-7-11(9-12)10-14/h6-9H,10H2,1-5H3. The molecule has 0 fully saturated rings. The maximum absolute atomic E-state index is 6.19. The van der Waals surface area contributed by atoms with Crippen molar-refractivity contribution in [1.29, 1.82) is 0 Å². The minimum atomic E-state index is -1.72. The van der Waals surface area contributed by atoms with Gasteiger partial charge in [-0.1, -0.05) is 32.9 Å². The van der Waals surface area contributed by atoms with Gasteiger partial charge in [0.25, 0.3) is 0 Å². The quantitative estimate of drug-likeness (QED) is 0.557. The molecule has 0 bridgehead atoms. The topological polar surface area (TPSA) is 9.23 Å². The smallest absolute Gasteiger partial charge is 0.250 e. The maximum Gasteiger partial charge on any atom is 0.250 e. The molecule has 0 heterocycles. The molecular formula is C13H21ClOSi. The van der Waals surface area contributed by atoms with Gasteiger partial charge in [0, 0.05) is 5.88 Å². The molecular weight excluding hydrogens is 236 g/mol. The molecule has 0 saturated carbocycles. The molecule has 0 saturated heterocycles. The molecule has 0 aliphatic rings. The number of benzene rings is 1. The lowest BCUT2D eigenvalue weighted by Crippen LogP contribution is -2.43. The zero-order valence-corrected chi connectivity index (χ0v) is 12.6. The van der Waals surface area contributed by atoms with Gasteiger partial charge in [-0.2, -0.15) is 0 Å². The van der Waals surface area contributed by atoms with Gasteiger partial charge < -0.3 is 4.43 Å². The van der Waals surface area contributed by atoms with Crippen LogP contribution in [-0.2, 0) is 5.88 Å². The number of halogens is 1. The molecule has 0 aliphatic carbocycles. The SMILES string of the molecule is CC(C)(C)[Si](C)(C)Oc1cccc(CCl)c1. The summed E-state index contributed by atoms with van der Waals surface area (Å²) in [7, 11) is -1.72. The van der Waals surface area contributed by atoms with Crippen molar-refractivity contribution in [2.24, 2.45) is 0 Å². The van der Waals surface area contributed by atoms with Crippen molar-refractivity contribution in [1.82, 2.24) is 0 Å². The number of hydrogen-bond donors (Lipinski definition) is 0. The lowest BCUT2D eigenvalue weighted by atomic mass is 10.2. The first-order valence-corrected chi connectivity index (χ1v) is 9.04. The number of hydrogen-bond acceptors (Lipinski definition) is 1. The first-order valence-electron chi connectivity index (χ1n) is 5.60. The Labute approximate surface area is 105 Å². The molecule has 1 nitrogen and oxygen atoms in total. The highest BCUT2D eigenvalue weighted by Crippen LogP contribution is 2.37. The van der Waals surface area contributed by atoms with E-state index < -0.39 is 8.32 Å². The lowest BCUT2D eigenvalue weighted by molar-refractivity contribution is 0.492. The van der Waals surface area contributed by atoms with E-state index in [1.807, 2.05) is 24.3 Å². The summed E-state index contributed by atoms with van der Waals surface area (Å²) >= 11 is 5.82. The van der Waals surface area contributed by atoms with E-state index >= 15 is 0 Å². The fourth-order valence-electron chi connectivity index (χ4n) is 1.14. The van der Waals surface area contributed by atoms with Gasteiger partial charge in [-0.25, -0.2) is 0 Å². The van der Waals surface area contributed by atoms with Crippen molar-refractivity contribution >= 4 is 19.9 Å². The van der Waals surface area contributed by atoms with Crippen LogP contribution < -0.4 is 4.43 Å². The molecule has 0 amide bonds. The summed E-state index contributed by atoms with van der Waals surface area (Å²) in [5.74, 6) is 1.49. The van der Waals surface area contributed by atoms with Crippen LogP contribution in [0.4, 0.5) is 0 Å². The van der Waals surface area contributed by atoms with Crippen LogP contribution in [0.15, 0.2) is 24.3 Å². The van der Waals surface area contributed by atoms with Crippen LogP contribution in [0.1, 0.15) is 26.3 Å². The lowest BCUT2D eigenvalue weighted by Gasteiger charge is -2.36. The van der Waals surface area contributed by atoms with Gasteiger partial charge >= 0.3 is 0 Å². The number of rotatable bonds is 3. The van der Waals surface area contributed by atoms with Crippen molar-refractivity contribution in [2.75, 3.05) is 0 Å². The first-order chi connectivity index (χ1) is 7.26. The van der Waals surface area contributed by atoms with E-state index in [1.165, 1.54) is 0 Å². The Balaban J connectivity index is 2.88. The van der Waals surface area contributed by atoms with Crippen molar-refractivity contribution in [3.05, 3.63) is 29.8 Å². The van der Waals surface area contributed by atoms with E-state index in [0.29, 0.717) is 5.88 Å². The third-order valence-electron chi connectivity index (χ3n) is 3.23. The Morgan fingerprint density at radius 1 is 1.25 bits per heavy atom. The second-order valence-corrected chi connectivity index (χ2v) is 10.6. The summed E-state index contributed by atoms with van der Waals surface area (Å²) in [5, 5.41) is 0.226. The van der Waals surface area contributed by atoms with Gasteiger partial charge in [-0.15, -0.1) is 11.6 Å². The normalized spacial score (nSPS) is 12.6. The molecule has 0 N–H and O–H groups in total. The first kappa shape index (κ1) is 13.6. The second-order valence-electron chi connectivity index (χ2n) is 5.64. The van der Waals surface area contributed by atoms with Crippen LogP contribution in [0, 0.1) is 0 Å². The molecule has 1 aromatic rings. The fraction of sp³-hybridized carbons (Fsp3) is 0.538. The molecule has 0 unspecified atom stereocenters. The van der Waals surface area contributed by atoms with Crippen LogP contribution in [0.2, 0.25) is 18.1 Å². The highest BCUT2D eigenvalue weighted by atomic mass is 35.5. The highest BCUT2D eigenvalue weighted by molar-refractivity contribution is 6.74. The molecule has 0 spiro atoms. The van der Waals surface area contributed by atoms with Crippen LogP contribution in [0.5, 0.6) is 5.75 Å². The predicted molar refractivity (Wildman–Crippen MR) is 73.8 cm³/mol. The monoisotopic (exact) mass is 256 g/mol. The van der Waals surface area contributed by atoms with Crippen molar-refractivity contribution < 1.29 is 4.43 Å². The summed E-state index contributed by atoms with van der Waals surface area (Å²) in [6.45, 7) is 11.2. The summed E-state index contributed by atoms with van der Waals surface area (Å²) in [4.78, 5) is 0. The van der Waals surface area contributed by atoms with Gasteiger partial charge in [-0.3, -0.25) is 0 Å². The molecule has 3 heteroatoms. The van der Waals surface area contributed by atoms with E-state index in [9.17, 15) is 0 Å². The molecule has 16 heavy (non-hydrogen) atoms. The third kappa shape index (κ3) is 3.26. The number of alkyl halides is 1. The Kier molecular flexibility index (Phi) is 4.08. The Hall–Kier alpha value is -0.473. The Bertz CT molecular complexity index is 355. The van der Waals surface area contributed by atoms with E-state index in [-0.39, 0.29) is 5.04 Å². The van der Waals surface area contributed by atoms with Gasteiger partial charge in [0.05, 0.1) is 0 Å². The van der Waals surface area contributed by atoms with Crippen molar-refractivity contribution in [2.45, 2.75) is 44.8 Å². The zero-order chi connectivity index (χ0) is 12.4. The molecule has 1 rings (SSSR count). The van der Waals surface area contributed by atoms with Gasteiger partial charge in [0.2, 0.25) is 8.32 Å². The highest BCUT2D eigenvalue weighted by Gasteiger charge is 2.38. The molecule has 0 aliphatic heterocycles. The van der Waals surface area contributed by atoms with Crippen molar-refractivity contribution in [3.8, 4) is 5.75 Å². The van der Waals surface area contributed by atoms with Gasteiger partial charge in [0.15, 0.2) is 0 Å².